The molecule has 1 rings (SSSR count). The third-order valence-corrected chi connectivity index (χ3v) is 2.48. The zero-order valence-electron chi connectivity index (χ0n) is 5.92. The summed E-state index contributed by atoms with van der Waals surface area (Å²) in [6.45, 7) is 0. The lowest BCUT2D eigenvalue weighted by atomic mass is 10.2. The zero-order valence-corrected chi connectivity index (χ0v) is 8.84. The normalized spacial score (nSPS) is 11.8. The SMILES string of the molecule is Fc1c(I)ccc(Cl)c1C(F)(F)F. The molecule has 72 valence electrons. The van der Waals surface area contributed by atoms with Gasteiger partial charge in [-0.1, -0.05) is 11.6 Å². The van der Waals surface area contributed by atoms with E-state index in [1.807, 2.05) is 0 Å². The monoisotopic (exact) mass is 324 g/mol. The van der Waals surface area contributed by atoms with Gasteiger partial charge >= 0.3 is 6.18 Å². The van der Waals surface area contributed by atoms with Crippen molar-refractivity contribution >= 4 is 34.2 Å². The summed E-state index contributed by atoms with van der Waals surface area (Å²) in [5, 5.41) is -0.620. The van der Waals surface area contributed by atoms with Crippen molar-refractivity contribution in [2.24, 2.45) is 0 Å². The van der Waals surface area contributed by atoms with E-state index < -0.39 is 22.6 Å². The van der Waals surface area contributed by atoms with Crippen molar-refractivity contribution in [2.45, 2.75) is 6.18 Å². The van der Waals surface area contributed by atoms with Crippen LogP contribution in [0, 0.1) is 9.39 Å². The maximum absolute atomic E-state index is 12.9. The van der Waals surface area contributed by atoms with Crippen LogP contribution in [-0.2, 0) is 6.18 Å². The number of halogens is 6. The molecule has 1 aromatic carbocycles. The predicted molar refractivity (Wildman–Crippen MR) is 49.1 cm³/mol. The van der Waals surface area contributed by atoms with E-state index in [-0.39, 0.29) is 3.57 Å². The minimum absolute atomic E-state index is 0.102. The van der Waals surface area contributed by atoms with E-state index in [4.69, 9.17) is 11.6 Å². The molecule has 0 atom stereocenters. The first-order valence-corrected chi connectivity index (χ1v) is 4.50. The Morgan fingerprint density at radius 3 is 2.15 bits per heavy atom. The van der Waals surface area contributed by atoms with E-state index in [1.165, 1.54) is 28.7 Å². The van der Waals surface area contributed by atoms with Crippen LogP contribution in [0.25, 0.3) is 0 Å². The molecule has 0 fully saturated rings. The third kappa shape index (κ3) is 2.25. The van der Waals surface area contributed by atoms with E-state index in [9.17, 15) is 17.6 Å². The maximum atomic E-state index is 12.9. The topological polar surface area (TPSA) is 0 Å². The Hall–Kier alpha value is -0.0400. The fourth-order valence-electron chi connectivity index (χ4n) is 0.787. The summed E-state index contributed by atoms with van der Waals surface area (Å²) in [6.07, 6.45) is -4.75. The van der Waals surface area contributed by atoms with Gasteiger partial charge in [0.15, 0.2) is 0 Å². The van der Waals surface area contributed by atoms with Crippen LogP contribution in [-0.4, -0.2) is 0 Å². The highest BCUT2D eigenvalue weighted by Gasteiger charge is 2.37. The standard InChI is InChI=1S/C7H2ClF4I/c8-3-1-2-4(13)6(9)5(3)7(10,11)12/h1-2H. The summed E-state index contributed by atoms with van der Waals surface area (Å²) in [5.74, 6) is -1.32. The number of alkyl halides is 3. The fraction of sp³-hybridized carbons (Fsp3) is 0.143. The molecule has 0 N–H and O–H groups in total. The Labute approximate surface area is 90.0 Å². The molecule has 0 unspecified atom stereocenters. The minimum atomic E-state index is -4.75. The Bertz CT molecular complexity index is 334. The van der Waals surface area contributed by atoms with E-state index in [0.717, 1.165) is 6.07 Å². The molecular weight excluding hydrogens is 322 g/mol. The van der Waals surface area contributed by atoms with Gasteiger partial charge in [-0.15, -0.1) is 0 Å². The fourth-order valence-corrected chi connectivity index (χ4v) is 1.49. The van der Waals surface area contributed by atoms with Crippen LogP contribution in [0.4, 0.5) is 17.6 Å². The largest absolute Gasteiger partial charge is 0.420 e. The highest BCUT2D eigenvalue weighted by atomic mass is 127. The third-order valence-electron chi connectivity index (χ3n) is 1.33. The second-order valence-electron chi connectivity index (χ2n) is 2.22. The smallest absolute Gasteiger partial charge is 0.205 e. The Morgan fingerprint density at radius 1 is 1.23 bits per heavy atom. The van der Waals surface area contributed by atoms with Gasteiger partial charge in [0.1, 0.15) is 11.4 Å². The molecule has 0 saturated carbocycles. The molecule has 0 aromatic heterocycles. The number of benzene rings is 1. The van der Waals surface area contributed by atoms with Crippen LogP contribution < -0.4 is 0 Å². The van der Waals surface area contributed by atoms with Crippen molar-refractivity contribution < 1.29 is 17.6 Å². The van der Waals surface area contributed by atoms with Crippen molar-refractivity contribution in [1.29, 1.82) is 0 Å². The average Bonchev–Trinajstić information content (AvgIpc) is 1.95. The van der Waals surface area contributed by atoms with Crippen molar-refractivity contribution in [3.63, 3.8) is 0 Å². The van der Waals surface area contributed by atoms with Gasteiger partial charge in [0.2, 0.25) is 0 Å². The molecule has 0 bridgehead atoms. The quantitative estimate of drug-likeness (QED) is 0.383. The minimum Gasteiger partial charge on any atom is -0.205 e. The second-order valence-corrected chi connectivity index (χ2v) is 3.79. The molecule has 1 aromatic rings. The van der Waals surface area contributed by atoms with E-state index in [2.05, 4.69) is 0 Å². The van der Waals surface area contributed by atoms with Gasteiger partial charge in [0, 0.05) is 3.57 Å². The van der Waals surface area contributed by atoms with Crippen molar-refractivity contribution in [2.75, 3.05) is 0 Å². The highest BCUT2D eigenvalue weighted by molar-refractivity contribution is 14.1. The van der Waals surface area contributed by atoms with Crippen molar-refractivity contribution in [3.8, 4) is 0 Å². The van der Waals surface area contributed by atoms with Gasteiger partial charge in [-0.25, -0.2) is 4.39 Å². The van der Waals surface area contributed by atoms with Crippen molar-refractivity contribution in [1.82, 2.24) is 0 Å². The molecule has 0 aliphatic heterocycles. The summed E-state index contributed by atoms with van der Waals surface area (Å²) in [6, 6.07) is 2.21. The Kier molecular flexibility index (Phi) is 3.06. The molecule has 13 heavy (non-hydrogen) atoms. The molecule has 0 spiro atoms. The molecule has 0 radical (unpaired) electrons. The van der Waals surface area contributed by atoms with Crippen LogP contribution in [0.1, 0.15) is 5.56 Å². The van der Waals surface area contributed by atoms with Gasteiger partial charge in [-0.05, 0) is 34.7 Å². The second kappa shape index (κ2) is 3.61. The predicted octanol–water partition coefficient (Wildman–Crippen LogP) is 4.10. The Morgan fingerprint density at radius 2 is 1.77 bits per heavy atom. The summed E-state index contributed by atoms with van der Waals surface area (Å²) >= 11 is 6.70. The molecule has 0 saturated heterocycles. The van der Waals surface area contributed by atoms with Crippen LogP contribution >= 0.6 is 34.2 Å². The summed E-state index contributed by atoms with van der Waals surface area (Å²) in [7, 11) is 0. The number of rotatable bonds is 0. The molecule has 6 heteroatoms. The first-order valence-electron chi connectivity index (χ1n) is 3.04. The summed E-state index contributed by atoms with van der Waals surface area (Å²) in [5.41, 5.74) is -1.40. The molecular formula is C7H2ClF4I. The summed E-state index contributed by atoms with van der Waals surface area (Å²) < 4.78 is 49.3. The van der Waals surface area contributed by atoms with E-state index in [0.29, 0.717) is 0 Å². The lowest BCUT2D eigenvalue weighted by Crippen LogP contribution is -2.10. The summed E-state index contributed by atoms with van der Waals surface area (Å²) in [4.78, 5) is 0. The first kappa shape index (κ1) is 11.0. The lowest BCUT2D eigenvalue weighted by Gasteiger charge is -2.10. The maximum Gasteiger partial charge on any atom is 0.420 e. The highest BCUT2D eigenvalue weighted by Crippen LogP contribution is 2.37. The average molecular weight is 324 g/mol. The molecule has 0 nitrogen and oxygen atoms in total. The van der Waals surface area contributed by atoms with Crippen LogP contribution in [0.3, 0.4) is 0 Å². The van der Waals surface area contributed by atoms with Gasteiger partial charge in [-0.3, -0.25) is 0 Å². The van der Waals surface area contributed by atoms with E-state index in [1.54, 1.807) is 0 Å². The number of hydrogen-bond donors (Lipinski definition) is 0. The first-order chi connectivity index (χ1) is 5.84. The molecule has 0 aliphatic rings. The lowest BCUT2D eigenvalue weighted by molar-refractivity contribution is -0.139. The molecule has 0 heterocycles. The molecule has 0 amide bonds. The van der Waals surface area contributed by atoms with Gasteiger partial charge in [0.05, 0.1) is 5.02 Å². The van der Waals surface area contributed by atoms with Gasteiger partial charge < -0.3 is 0 Å². The van der Waals surface area contributed by atoms with Crippen LogP contribution in [0.2, 0.25) is 5.02 Å². The molecule has 0 aliphatic carbocycles. The van der Waals surface area contributed by atoms with E-state index >= 15 is 0 Å². The van der Waals surface area contributed by atoms with Crippen LogP contribution in [0.5, 0.6) is 0 Å². The van der Waals surface area contributed by atoms with Crippen LogP contribution in [0.15, 0.2) is 12.1 Å². The van der Waals surface area contributed by atoms with Gasteiger partial charge in [0.25, 0.3) is 0 Å². The van der Waals surface area contributed by atoms with Crippen molar-refractivity contribution in [3.05, 3.63) is 32.1 Å². The Balaban J connectivity index is 3.43. The number of hydrogen-bond acceptors (Lipinski definition) is 0. The zero-order chi connectivity index (χ0) is 10.2. The van der Waals surface area contributed by atoms with Gasteiger partial charge in [-0.2, -0.15) is 13.2 Å².